The third-order valence-electron chi connectivity index (χ3n) is 3.36. The Hall–Kier alpha value is -1.51. The Kier molecular flexibility index (Phi) is 3.00. The topological polar surface area (TPSA) is 79.4 Å². The molecule has 1 unspecified atom stereocenters. The summed E-state index contributed by atoms with van der Waals surface area (Å²) in [6.07, 6.45) is 2.30. The predicted octanol–water partition coefficient (Wildman–Crippen LogP) is 0.447. The van der Waals surface area contributed by atoms with E-state index in [1.54, 1.807) is 12.3 Å². The van der Waals surface area contributed by atoms with Crippen molar-refractivity contribution in [1.29, 1.82) is 0 Å². The van der Waals surface area contributed by atoms with E-state index in [1.165, 1.54) is 4.90 Å². The molecule has 0 spiro atoms. The third kappa shape index (κ3) is 2.01. The van der Waals surface area contributed by atoms with E-state index < -0.39 is 11.9 Å². The number of imide groups is 1. The number of hydrogen-bond donors (Lipinski definition) is 1. The molecule has 7 heteroatoms. The second kappa shape index (κ2) is 4.55. The highest BCUT2D eigenvalue weighted by atomic mass is 127. The summed E-state index contributed by atoms with van der Waals surface area (Å²) in [7, 11) is 0. The van der Waals surface area contributed by atoms with Gasteiger partial charge < -0.3 is 4.90 Å². The van der Waals surface area contributed by atoms with Crippen LogP contribution in [0.3, 0.4) is 0 Å². The molecule has 6 nitrogen and oxygen atoms in total. The highest BCUT2D eigenvalue weighted by Gasteiger charge is 2.40. The monoisotopic (exact) mass is 371 g/mol. The number of hydrogen-bond acceptors (Lipinski definition) is 4. The van der Waals surface area contributed by atoms with E-state index >= 15 is 0 Å². The Morgan fingerprint density at radius 1 is 1.37 bits per heavy atom. The highest BCUT2D eigenvalue weighted by Crippen LogP contribution is 2.28. The fraction of sp³-hybridized carbons (Fsp3) is 0.333. The summed E-state index contributed by atoms with van der Waals surface area (Å²) in [6.45, 7) is 0.331. The maximum Gasteiger partial charge on any atom is 0.257 e. The van der Waals surface area contributed by atoms with Gasteiger partial charge in [0.05, 0.1) is 17.8 Å². The first-order chi connectivity index (χ1) is 9.08. The number of carbonyl (C=O) groups excluding carboxylic acids is 3. The molecule has 0 bridgehead atoms. The quantitative estimate of drug-likeness (QED) is 0.574. The van der Waals surface area contributed by atoms with E-state index in [-0.39, 0.29) is 18.2 Å². The van der Waals surface area contributed by atoms with Gasteiger partial charge in [0.15, 0.2) is 0 Å². The molecule has 1 saturated heterocycles. The molecular weight excluding hydrogens is 361 g/mol. The van der Waals surface area contributed by atoms with Crippen LogP contribution in [0.4, 0.5) is 0 Å². The van der Waals surface area contributed by atoms with Gasteiger partial charge in [0.1, 0.15) is 6.04 Å². The predicted molar refractivity (Wildman–Crippen MR) is 73.0 cm³/mol. The summed E-state index contributed by atoms with van der Waals surface area (Å²) in [5.41, 5.74) is 1.27. The molecule has 3 amide bonds. The van der Waals surface area contributed by atoms with Crippen LogP contribution in [-0.4, -0.2) is 33.6 Å². The SMILES string of the molecule is O=C1CCC(N2Cc3nccc(I)c3C2=O)C(=O)N1. The van der Waals surface area contributed by atoms with Gasteiger partial charge in [0, 0.05) is 16.2 Å². The summed E-state index contributed by atoms with van der Waals surface area (Å²) in [5.74, 6) is -0.854. The van der Waals surface area contributed by atoms with Gasteiger partial charge in [-0.1, -0.05) is 0 Å². The van der Waals surface area contributed by atoms with E-state index in [2.05, 4.69) is 32.9 Å². The van der Waals surface area contributed by atoms with E-state index in [0.717, 1.165) is 3.57 Å². The number of nitrogens with zero attached hydrogens (tertiary/aromatic N) is 2. The van der Waals surface area contributed by atoms with Crippen molar-refractivity contribution in [2.24, 2.45) is 0 Å². The summed E-state index contributed by atoms with van der Waals surface area (Å²) < 4.78 is 0.836. The van der Waals surface area contributed by atoms with Crippen LogP contribution in [0.1, 0.15) is 28.9 Å². The zero-order chi connectivity index (χ0) is 13.6. The molecule has 2 aliphatic rings. The maximum atomic E-state index is 12.4. The lowest BCUT2D eigenvalue weighted by Gasteiger charge is -2.29. The van der Waals surface area contributed by atoms with Crippen molar-refractivity contribution >= 4 is 40.3 Å². The molecule has 1 N–H and O–H groups in total. The number of pyridine rings is 1. The van der Waals surface area contributed by atoms with Crippen molar-refractivity contribution in [1.82, 2.24) is 15.2 Å². The molecule has 1 fully saturated rings. The van der Waals surface area contributed by atoms with Crippen LogP contribution < -0.4 is 5.32 Å². The molecule has 98 valence electrons. The van der Waals surface area contributed by atoms with Crippen molar-refractivity contribution in [3.05, 3.63) is 27.1 Å². The summed E-state index contributed by atoms with van der Waals surface area (Å²) in [5, 5.41) is 2.27. The lowest BCUT2D eigenvalue weighted by atomic mass is 10.0. The maximum absolute atomic E-state index is 12.4. The fourth-order valence-electron chi connectivity index (χ4n) is 2.43. The van der Waals surface area contributed by atoms with Gasteiger partial charge in [0.25, 0.3) is 5.91 Å². The average molecular weight is 371 g/mol. The minimum absolute atomic E-state index is 0.179. The summed E-state index contributed by atoms with van der Waals surface area (Å²) in [6, 6.07) is 1.20. The number of fused-ring (bicyclic) bond motifs is 1. The van der Waals surface area contributed by atoms with Crippen molar-refractivity contribution in [3.8, 4) is 0 Å². The lowest BCUT2D eigenvalue weighted by Crippen LogP contribution is -2.52. The molecule has 3 rings (SSSR count). The molecule has 1 aromatic heterocycles. The van der Waals surface area contributed by atoms with Crippen LogP contribution in [-0.2, 0) is 16.1 Å². The van der Waals surface area contributed by atoms with Gasteiger partial charge in [-0.25, -0.2) is 0 Å². The Balaban J connectivity index is 1.90. The molecule has 3 heterocycles. The number of nitrogens with one attached hydrogen (secondary N) is 1. The van der Waals surface area contributed by atoms with Crippen molar-refractivity contribution < 1.29 is 14.4 Å². The number of amides is 3. The Morgan fingerprint density at radius 3 is 2.84 bits per heavy atom. The van der Waals surface area contributed by atoms with Gasteiger partial charge in [-0.2, -0.15) is 0 Å². The molecule has 1 aromatic rings. The van der Waals surface area contributed by atoms with Crippen molar-refractivity contribution in [2.45, 2.75) is 25.4 Å². The van der Waals surface area contributed by atoms with Gasteiger partial charge in [-0.15, -0.1) is 0 Å². The van der Waals surface area contributed by atoms with Crippen LogP contribution in [0.25, 0.3) is 0 Å². The third-order valence-corrected chi connectivity index (χ3v) is 4.26. The largest absolute Gasteiger partial charge is 0.321 e. The lowest BCUT2D eigenvalue weighted by molar-refractivity contribution is -0.136. The van der Waals surface area contributed by atoms with Crippen LogP contribution in [0.5, 0.6) is 0 Å². The normalized spacial score (nSPS) is 22.5. The minimum Gasteiger partial charge on any atom is -0.321 e. The minimum atomic E-state index is -0.574. The Morgan fingerprint density at radius 2 is 2.16 bits per heavy atom. The number of carbonyl (C=O) groups is 3. The average Bonchev–Trinajstić information content (AvgIpc) is 2.68. The summed E-state index contributed by atoms with van der Waals surface area (Å²) >= 11 is 2.09. The first kappa shape index (κ1) is 12.5. The Labute approximate surface area is 122 Å². The molecule has 0 aromatic carbocycles. The zero-order valence-corrected chi connectivity index (χ0v) is 12.0. The van der Waals surface area contributed by atoms with E-state index in [1.807, 2.05) is 0 Å². The van der Waals surface area contributed by atoms with Gasteiger partial charge >= 0.3 is 0 Å². The zero-order valence-electron chi connectivity index (χ0n) is 9.85. The molecule has 19 heavy (non-hydrogen) atoms. The second-order valence-corrected chi connectivity index (χ2v) is 5.68. The van der Waals surface area contributed by atoms with Gasteiger partial charge in [-0.3, -0.25) is 24.7 Å². The molecule has 2 aliphatic heterocycles. The molecular formula is C12H10IN3O3. The van der Waals surface area contributed by atoms with Crippen LogP contribution >= 0.6 is 22.6 Å². The smallest absolute Gasteiger partial charge is 0.257 e. The highest BCUT2D eigenvalue weighted by molar-refractivity contribution is 14.1. The molecule has 1 atom stereocenters. The molecule has 0 aliphatic carbocycles. The standard InChI is InChI=1S/C12H10IN3O3/c13-6-3-4-14-7-5-16(12(19)10(6)7)8-1-2-9(17)15-11(8)18/h3-4,8H,1-2,5H2,(H,15,17,18). The summed E-state index contributed by atoms with van der Waals surface area (Å²) in [4.78, 5) is 41.0. The first-order valence-electron chi connectivity index (χ1n) is 5.86. The van der Waals surface area contributed by atoms with Gasteiger partial charge in [-0.05, 0) is 35.1 Å². The van der Waals surface area contributed by atoms with Crippen LogP contribution in [0, 0.1) is 3.57 Å². The van der Waals surface area contributed by atoms with Crippen molar-refractivity contribution in [3.63, 3.8) is 0 Å². The Bertz CT molecular complexity index is 602. The van der Waals surface area contributed by atoms with Crippen molar-refractivity contribution in [2.75, 3.05) is 0 Å². The number of aromatic nitrogens is 1. The van der Waals surface area contributed by atoms with E-state index in [9.17, 15) is 14.4 Å². The van der Waals surface area contributed by atoms with Crippen LogP contribution in [0.15, 0.2) is 12.3 Å². The van der Waals surface area contributed by atoms with E-state index in [4.69, 9.17) is 0 Å². The molecule has 0 radical (unpaired) electrons. The van der Waals surface area contributed by atoms with Gasteiger partial charge in [0.2, 0.25) is 11.8 Å². The number of piperidine rings is 1. The van der Waals surface area contributed by atoms with E-state index in [0.29, 0.717) is 24.2 Å². The molecule has 0 saturated carbocycles. The fourth-order valence-corrected chi connectivity index (χ4v) is 3.13. The van der Waals surface area contributed by atoms with Crippen LogP contribution in [0.2, 0.25) is 0 Å². The second-order valence-electron chi connectivity index (χ2n) is 4.51. The first-order valence-corrected chi connectivity index (χ1v) is 6.94. The number of rotatable bonds is 1. The number of halogens is 1.